The average molecular weight is 461 g/mol. The van der Waals surface area contributed by atoms with Gasteiger partial charge in [0.05, 0.1) is 24.3 Å². The molecule has 2 aliphatic rings. The van der Waals surface area contributed by atoms with Gasteiger partial charge in [0, 0.05) is 40.1 Å². The second-order valence-corrected chi connectivity index (χ2v) is 9.53. The Hall–Kier alpha value is -3.23. The van der Waals surface area contributed by atoms with Gasteiger partial charge < -0.3 is 20.9 Å². The highest BCUT2D eigenvalue weighted by Gasteiger charge is 2.28. The third-order valence-electron chi connectivity index (χ3n) is 6.16. The van der Waals surface area contributed by atoms with E-state index >= 15 is 0 Å². The molecule has 3 heterocycles. The minimum Gasteiger partial charge on any atom is -0.383 e. The Bertz CT molecular complexity index is 1330. The van der Waals surface area contributed by atoms with E-state index in [1.54, 1.807) is 17.7 Å². The number of anilines is 1. The molecular formula is C25H28N6OS. The van der Waals surface area contributed by atoms with Crippen LogP contribution in [0.2, 0.25) is 0 Å². The largest absolute Gasteiger partial charge is 0.383 e. The van der Waals surface area contributed by atoms with E-state index in [0.717, 1.165) is 56.9 Å². The van der Waals surface area contributed by atoms with Gasteiger partial charge in [0.1, 0.15) is 11.9 Å². The van der Waals surface area contributed by atoms with E-state index in [2.05, 4.69) is 52.0 Å². The van der Waals surface area contributed by atoms with Crippen molar-refractivity contribution in [1.29, 1.82) is 0 Å². The van der Waals surface area contributed by atoms with Crippen LogP contribution in [-0.4, -0.2) is 62.4 Å². The molecular weight excluding hydrogens is 432 g/mol. The maximum absolute atomic E-state index is 13.2. The highest BCUT2D eigenvalue weighted by atomic mass is 32.1. The summed E-state index contributed by atoms with van der Waals surface area (Å²) >= 11 is 1.69. The summed E-state index contributed by atoms with van der Waals surface area (Å²) in [5.74, 6) is 0.939. The first kappa shape index (κ1) is 21.6. The van der Waals surface area contributed by atoms with Gasteiger partial charge in [-0.2, -0.15) is 0 Å². The molecule has 7 nitrogen and oxygen atoms in total. The second-order valence-electron chi connectivity index (χ2n) is 8.48. The number of aryl methyl sites for hydroxylation is 1. The number of likely N-dealkylation sites (N-methyl/N-ethyl adjacent to an activating group) is 1. The summed E-state index contributed by atoms with van der Waals surface area (Å²) in [5.41, 5.74) is 2.15. The lowest BCUT2D eigenvalue weighted by Gasteiger charge is -2.23. The van der Waals surface area contributed by atoms with Crippen LogP contribution in [0, 0.1) is 6.92 Å². The van der Waals surface area contributed by atoms with Crippen LogP contribution in [0.25, 0.3) is 20.2 Å². The molecule has 3 aromatic rings. The summed E-state index contributed by atoms with van der Waals surface area (Å²) in [6.07, 6.45) is 5.73. The summed E-state index contributed by atoms with van der Waals surface area (Å²) in [6.45, 7) is 5.24. The normalized spacial score (nSPS) is 20.4. The van der Waals surface area contributed by atoms with Crippen LogP contribution < -0.4 is 21.4 Å². The number of fused-ring (bicyclic) bond motifs is 3. The van der Waals surface area contributed by atoms with Crippen LogP contribution in [0.4, 0.5) is 5.69 Å². The molecule has 0 aliphatic carbocycles. The number of nitrogens with zero attached hydrogens (tertiary/aromatic N) is 3. The fraction of sp³-hybridized carbons (Fsp3) is 0.320. The smallest absolute Gasteiger partial charge is 0.197 e. The molecule has 0 saturated heterocycles. The Kier molecular flexibility index (Phi) is 6.11. The van der Waals surface area contributed by atoms with Gasteiger partial charge in [-0.15, -0.1) is 11.3 Å². The van der Waals surface area contributed by atoms with Crippen molar-refractivity contribution in [2.24, 2.45) is 9.98 Å². The van der Waals surface area contributed by atoms with Crippen molar-refractivity contribution in [3.63, 3.8) is 0 Å². The Morgan fingerprint density at radius 1 is 1.21 bits per heavy atom. The van der Waals surface area contributed by atoms with E-state index in [0.29, 0.717) is 6.54 Å². The van der Waals surface area contributed by atoms with Crippen molar-refractivity contribution in [1.82, 2.24) is 15.5 Å². The number of aliphatic imine (C=N–C) groups is 2. The van der Waals surface area contributed by atoms with Crippen molar-refractivity contribution >= 4 is 49.4 Å². The van der Waals surface area contributed by atoms with Crippen molar-refractivity contribution in [2.75, 3.05) is 38.5 Å². The lowest BCUT2D eigenvalue weighted by molar-refractivity contribution is 0.357. The van der Waals surface area contributed by atoms with E-state index in [1.807, 2.05) is 36.5 Å². The van der Waals surface area contributed by atoms with Crippen molar-refractivity contribution in [3.8, 4) is 0 Å². The first-order valence-corrected chi connectivity index (χ1v) is 12.1. The molecule has 0 saturated carbocycles. The third kappa shape index (κ3) is 4.36. The third-order valence-corrected chi connectivity index (χ3v) is 7.47. The van der Waals surface area contributed by atoms with Crippen LogP contribution in [0.5, 0.6) is 0 Å². The number of rotatable bonds is 7. The summed E-state index contributed by atoms with van der Waals surface area (Å²) < 4.78 is 2.09. The van der Waals surface area contributed by atoms with Gasteiger partial charge in [0.2, 0.25) is 0 Å². The van der Waals surface area contributed by atoms with Crippen LogP contribution in [0.15, 0.2) is 63.5 Å². The molecule has 0 radical (unpaired) electrons. The lowest BCUT2D eigenvalue weighted by atomic mass is 10.1. The quantitative estimate of drug-likeness (QED) is 0.473. The molecule has 0 fully saturated rings. The average Bonchev–Trinajstić information content (AvgIpc) is 3.31. The van der Waals surface area contributed by atoms with E-state index < -0.39 is 0 Å². The summed E-state index contributed by atoms with van der Waals surface area (Å²) in [4.78, 5) is 24.6. The minimum atomic E-state index is 0.103. The van der Waals surface area contributed by atoms with E-state index in [9.17, 15) is 4.79 Å². The zero-order chi connectivity index (χ0) is 22.8. The van der Waals surface area contributed by atoms with Crippen LogP contribution in [0.1, 0.15) is 5.56 Å². The molecule has 0 bridgehead atoms. The van der Waals surface area contributed by atoms with E-state index in [1.165, 1.54) is 0 Å². The highest BCUT2D eigenvalue weighted by Crippen LogP contribution is 2.31. The fourth-order valence-electron chi connectivity index (χ4n) is 4.28. The second kappa shape index (κ2) is 9.33. The van der Waals surface area contributed by atoms with Crippen molar-refractivity contribution < 1.29 is 0 Å². The predicted molar refractivity (Wildman–Crippen MR) is 140 cm³/mol. The van der Waals surface area contributed by atoms with Gasteiger partial charge in [-0.3, -0.25) is 14.8 Å². The monoisotopic (exact) mass is 460 g/mol. The van der Waals surface area contributed by atoms with E-state index in [4.69, 9.17) is 4.99 Å². The van der Waals surface area contributed by atoms with Crippen LogP contribution in [0.3, 0.4) is 0 Å². The lowest BCUT2D eigenvalue weighted by Crippen LogP contribution is -2.49. The summed E-state index contributed by atoms with van der Waals surface area (Å²) in [7, 11) is 2.09. The van der Waals surface area contributed by atoms with Gasteiger partial charge in [-0.1, -0.05) is 18.2 Å². The molecule has 33 heavy (non-hydrogen) atoms. The van der Waals surface area contributed by atoms with Crippen LogP contribution in [-0.2, 0) is 0 Å². The predicted octanol–water partition coefficient (Wildman–Crippen LogP) is 2.95. The Balaban J connectivity index is 1.22. The molecule has 170 valence electrons. The zero-order valence-corrected chi connectivity index (χ0v) is 19.7. The van der Waals surface area contributed by atoms with Gasteiger partial charge in [-0.05, 0) is 50.0 Å². The Morgan fingerprint density at radius 2 is 2.09 bits per heavy atom. The van der Waals surface area contributed by atoms with Gasteiger partial charge in [0.15, 0.2) is 5.43 Å². The summed E-state index contributed by atoms with van der Waals surface area (Å²) in [6, 6.07) is 12.2. The summed E-state index contributed by atoms with van der Waals surface area (Å²) in [5, 5.41) is 11.5. The standard InChI is InChI=1S/C25H28N6OS/c1-16-7-8-18(21-23(32)17-5-3-4-6-20(17)33-24(16)21)26-11-13-31(2)14-12-28-25-22-19(9-10-27-22)29-15-30-25/h3-10,15,19,22,26-27H,11-14H2,1-2H3,(H,28,29,30). The molecule has 3 N–H and O–H groups in total. The molecule has 0 spiro atoms. The molecule has 0 amide bonds. The Morgan fingerprint density at radius 3 is 3.00 bits per heavy atom. The molecule has 2 atom stereocenters. The number of nitrogens with one attached hydrogen (secondary N) is 3. The molecule has 2 aliphatic heterocycles. The number of amidine groups is 1. The van der Waals surface area contributed by atoms with Crippen LogP contribution >= 0.6 is 11.3 Å². The Labute approximate surface area is 196 Å². The SMILES string of the molecule is Cc1ccc(NCCN(C)CCN=C2NC=NC3C=CNC23)c2c(=O)c3ccccc3sc12. The van der Waals surface area contributed by atoms with Gasteiger partial charge >= 0.3 is 0 Å². The number of benzene rings is 2. The number of hydrogen-bond acceptors (Lipinski definition) is 7. The van der Waals surface area contributed by atoms with Crippen molar-refractivity contribution in [3.05, 3.63) is 64.5 Å². The van der Waals surface area contributed by atoms with Gasteiger partial charge in [0.25, 0.3) is 0 Å². The first-order valence-electron chi connectivity index (χ1n) is 11.2. The van der Waals surface area contributed by atoms with Crippen molar-refractivity contribution in [2.45, 2.75) is 19.0 Å². The molecule has 2 unspecified atom stereocenters. The first-order chi connectivity index (χ1) is 16.1. The minimum absolute atomic E-state index is 0.103. The fourth-order valence-corrected chi connectivity index (χ4v) is 5.45. The topological polar surface area (TPSA) is 81.1 Å². The zero-order valence-electron chi connectivity index (χ0n) is 18.8. The highest BCUT2D eigenvalue weighted by molar-refractivity contribution is 7.24. The molecule has 1 aromatic heterocycles. The molecule has 2 aromatic carbocycles. The maximum Gasteiger partial charge on any atom is 0.197 e. The molecule has 5 rings (SSSR count). The van der Waals surface area contributed by atoms with Gasteiger partial charge in [-0.25, -0.2) is 0 Å². The number of hydrogen-bond donors (Lipinski definition) is 3. The maximum atomic E-state index is 13.2. The molecule has 8 heteroatoms. The van der Waals surface area contributed by atoms with E-state index in [-0.39, 0.29) is 17.5 Å².